The second-order valence-electron chi connectivity index (χ2n) is 5.74. The van der Waals surface area contributed by atoms with Crippen molar-refractivity contribution in [3.05, 3.63) is 52.6 Å². The maximum absolute atomic E-state index is 12.9. The lowest BCUT2D eigenvalue weighted by Crippen LogP contribution is -2.26. The van der Waals surface area contributed by atoms with Crippen molar-refractivity contribution in [1.29, 1.82) is 0 Å². The maximum atomic E-state index is 12.9. The predicted octanol–water partition coefficient (Wildman–Crippen LogP) is 3.55. The van der Waals surface area contributed by atoms with Gasteiger partial charge in [-0.15, -0.1) is 0 Å². The Balaban J connectivity index is 1.96. The van der Waals surface area contributed by atoms with Crippen LogP contribution in [0.2, 0.25) is 0 Å². The van der Waals surface area contributed by atoms with Crippen molar-refractivity contribution in [3.63, 3.8) is 0 Å². The van der Waals surface area contributed by atoms with E-state index in [-0.39, 0.29) is 11.7 Å². The Kier molecular flexibility index (Phi) is 6.31. The molecule has 0 aliphatic heterocycles. The monoisotopic (exact) mass is 347 g/mol. The van der Waals surface area contributed by atoms with E-state index in [2.05, 4.69) is 9.97 Å². The van der Waals surface area contributed by atoms with E-state index in [9.17, 15) is 9.18 Å². The number of aromatic nitrogens is 2. The lowest BCUT2D eigenvalue weighted by molar-refractivity contribution is -0.130. The molecule has 128 valence electrons. The number of benzene rings is 1. The van der Waals surface area contributed by atoms with Crippen LogP contribution < -0.4 is 0 Å². The number of thioether (sulfide) groups is 1. The van der Waals surface area contributed by atoms with E-state index in [4.69, 9.17) is 0 Å². The van der Waals surface area contributed by atoms with E-state index < -0.39 is 0 Å². The van der Waals surface area contributed by atoms with Gasteiger partial charge in [0.2, 0.25) is 5.91 Å². The summed E-state index contributed by atoms with van der Waals surface area (Å²) < 4.78 is 12.9. The fraction of sp³-hybridized carbons (Fsp3) is 0.389. The molecule has 2 rings (SSSR count). The molecule has 0 radical (unpaired) electrons. The number of hydrogen-bond acceptors (Lipinski definition) is 4. The number of carbonyl (C=O) groups excluding carboxylic acids is 1. The minimum atomic E-state index is -0.271. The van der Waals surface area contributed by atoms with Gasteiger partial charge in [-0.05, 0) is 49.8 Å². The smallest absolute Gasteiger partial charge is 0.222 e. The highest BCUT2D eigenvalue weighted by Gasteiger charge is 2.13. The second-order valence-corrected chi connectivity index (χ2v) is 6.51. The largest absolute Gasteiger partial charge is 0.341 e. The summed E-state index contributed by atoms with van der Waals surface area (Å²) in [6.45, 7) is 4.38. The van der Waals surface area contributed by atoms with Crippen LogP contribution in [0.3, 0.4) is 0 Å². The fourth-order valence-corrected chi connectivity index (χ4v) is 2.99. The van der Waals surface area contributed by atoms with Crippen LogP contribution in [-0.4, -0.2) is 34.1 Å². The Bertz CT molecular complexity index is 696. The van der Waals surface area contributed by atoms with Crippen LogP contribution in [0.1, 0.15) is 28.9 Å². The molecule has 0 saturated heterocycles. The first-order valence-electron chi connectivity index (χ1n) is 7.77. The standard InChI is InChI=1S/C18H22FN3OS/c1-12-16(13(2)21-18(20-12)24-4)9-10-17(23)22(3)11-14-5-7-15(19)8-6-14/h5-8H,9-11H2,1-4H3. The molecule has 24 heavy (non-hydrogen) atoms. The van der Waals surface area contributed by atoms with Gasteiger partial charge in [-0.3, -0.25) is 4.79 Å². The minimum Gasteiger partial charge on any atom is -0.341 e. The number of aryl methyl sites for hydroxylation is 2. The molecule has 6 heteroatoms. The summed E-state index contributed by atoms with van der Waals surface area (Å²) in [4.78, 5) is 22.9. The normalized spacial score (nSPS) is 10.7. The van der Waals surface area contributed by atoms with Gasteiger partial charge in [-0.25, -0.2) is 14.4 Å². The third kappa shape index (κ3) is 4.77. The van der Waals surface area contributed by atoms with Gasteiger partial charge < -0.3 is 4.90 Å². The number of nitrogens with zero attached hydrogens (tertiary/aromatic N) is 3. The third-order valence-corrected chi connectivity index (χ3v) is 4.48. The van der Waals surface area contributed by atoms with Gasteiger partial charge >= 0.3 is 0 Å². The molecule has 0 aliphatic rings. The highest BCUT2D eigenvalue weighted by molar-refractivity contribution is 7.98. The van der Waals surface area contributed by atoms with Gasteiger partial charge in [-0.2, -0.15) is 0 Å². The molecule has 0 unspecified atom stereocenters. The van der Waals surface area contributed by atoms with Crippen LogP contribution in [0, 0.1) is 19.7 Å². The number of halogens is 1. The number of hydrogen-bond donors (Lipinski definition) is 0. The lowest BCUT2D eigenvalue weighted by Gasteiger charge is -2.18. The van der Waals surface area contributed by atoms with Gasteiger partial charge in [0.1, 0.15) is 5.82 Å². The Morgan fingerprint density at radius 3 is 2.29 bits per heavy atom. The van der Waals surface area contributed by atoms with Crippen molar-refractivity contribution in [2.75, 3.05) is 13.3 Å². The summed E-state index contributed by atoms with van der Waals surface area (Å²) in [6, 6.07) is 6.21. The Labute approximate surface area is 146 Å². The fourth-order valence-electron chi connectivity index (χ4n) is 2.54. The van der Waals surface area contributed by atoms with Gasteiger partial charge in [0.15, 0.2) is 5.16 Å². The molecule has 2 aromatic rings. The molecule has 0 spiro atoms. The molecule has 0 saturated carbocycles. The van der Waals surface area contributed by atoms with E-state index >= 15 is 0 Å². The summed E-state index contributed by atoms with van der Waals surface area (Å²) in [5.41, 5.74) is 3.81. The minimum absolute atomic E-state index is 0.0482. The Hall–Kier alpha value is -1.95. The van der Waals surface area contributed by atoms with E-state index in [1.165, 1.54) is 23.9 Å². The molecule has 1 amide bonds. The van der Waals surface area contributed by atoms with Crippen molar-refractivity contribution in [2.45, 2.75) is 38.4 Å². The van der Waals surface area contributed by atoms with E-state index in [1.807, 2.05) is 20.1 Å². The number of rotatable bonds is 6. The highest BCUT2D eigenvalue weighted by atomic mass is 32.2. The van der Waals surface area contributed by atoms with Crippen LogP contribution >= 0.6 is 11.8 Å². The van der Waals surface area contributed by atoms with Gasteiger partial charge in [0.25, 0.3) is 0 Å². The predicted molar refractivity (Wildman–Crippen MR) is 94.5 cm³/mol. The first-order chi connectivity index (χ1) is 11.4. The summed E-state index contributed by atoms with van der Waals surface area (Å²) in [5.74, 6) is -0.223. The van der Waals surface area contributed by atoms with Crippen molar-refractivity contribution >= 4 is 17.7 Å². The lowest BCUT2D eigenvalue weighted by atomic mass is 10.1. The molecular formula is C18H22FN3OS. The molecular weight excluding hydrogens is 325 g/mol. The van der Waals surface area contributed by atoms with Crippen molar-refractivity contribution in [2.24, 2.45) is 0 Å². The Morgan fingerprint density at radius 1 is 1.17 bits per heavy atom. The quantitative estimate of drug-likeness (QED) is 0.592. The molecule has 0 fully saturated rings. The zero-order chi connectivity index (χ0) is 17.7. The SMILES string of the molecule is CSc1nc(C)c(CCC(=O)N(C)Cc2ccc(F)cc2)c(C)n1. The number of carbonyl (C=O) groups is 1. The zero-order valence-corrected chi connectivity index (χ0v) is 15.3. The molecule has 0 N–H and O–H groups in total. The van der Waals surface area contributed by atoms with Gasteiger partial charge in [0, 0.05) is 31.4 Å². The van der Waals surface area contributed by atoms with Crippen LogP contribution in [0.15, 0.2) is 29.4 Å². The summed E-state index contributed by atoms with van der Waals surface area (Å²) in [7, 11) is 1.76. The third-order valence-electron chi connectivity index (χ3n) is 3.93. The maximum Gasteiger partial charge on any atom is 0.222 e. The summed E-state index contributed by atoms with van der Waals surface area (Å²) >= 11 is 1.51. The van der Waals surface area contributed by atoms with Gasteiger partial charge in [0.05, 0.1) is 0 Å². The van der Waals surface area contributed by atoms with Crippen LogP contribution in [0.4, 0.5) is 4.39 Å². The molecule has 4 nitrogen and oxygen atoms in total. The van der Waals surface area contributed by atoms with Crippen molar-refractivity contribution in [3.8, 4) is 0 Å². The molecule has 1 aromatic heterocycles. The topological polar surface area (TPSA) is 46.1 Å². The molecule has 0 bridgehead atoms. The first-order valence-corrected chi connectivity index (χ1v) is 8.99. The summed E-state index contributed by atoms with van der Waals surface area (Å²) in [6.07, 6.45) is 2.97. The molecule has 0 atom stereocenters. The average Bonchev–Trinajstić information content (AvgIpc) is 2.55. The molecule has 0 aliphatic carbocycles. The molecule has 1 aromatic carbocycles. The summed E-state index contributed by atoms with van der Waals surface area (Å²) in [5, 5.41) is 0.758. The number of amides is 1. The van der Waals surface area contributed by atoms with E-state index in [0.717, 1.165) is 27.7 Å². The van der Waals surface area contributed by atoms with Gasteiger partial charge in [-0.1, -0.05) is 23.9 Å². The van der Waals surface area contributed by atoms with Crippen molar-refractivity contribution < 1.29 is 9.18 Å². The van der Waals surface area contributed by atoms with Crippen molar-refractivity contribution in [1.82, 2.24) is 14.9 Å². The second kappa shape index (κ2) is 8.24. The average molecular weight is 347 g/mol. The van der Waals surface area contributed by atoms with E-state index in [0.29, 0.717) is 19.4 Å². The van der Waals surface area contributed by atoms with Crippen LogP contribution in [0.25, 0.3) is 0 Å². The van der Waals surface area contributed by atoms with Crippen LogP contribution in [0.5, 0.6) is 0 Å². The first kappa shape index (κ1) is 18.4. The van der Waals surface area contributed by atoms with Crippen LogP contribution in [-0.2, 0) is 17.8 Å². The zero-order valence-electron chi connectivity index (χ0n) is 14.5. The molecule has 1 heterocycles. The van der Waals surface area contributed by atoms with E-state index in [1.54, 1.807) is 24.1 Å². The Morgan fingerprint density at radius 2 is 1.75 bits per heavy atom. The highest BCUT2D eigenvalue weighted by Crippen LogP contribution is 2.17.